The van der Waals surface area contributed by atoms with Gasteiger partial charge in [0, 0.05) is 6.54 Å². The van der Waals surface area contributed by atoms with E-state index >= 15 is 0 Å². The van der Waals surface area contributed by atoms with Gasteiger partial charge in [-0.15, -0.1) is 0 Å². The second-order valence-corrected chi connectivity index (χ2v) is 15.2. The minimum atomic E-state index is -2.16. The van der Waals surface area contributed by atoms with Crippen molar-refractivity contribution in [2.45, 2.75) is 154 Å². The molecule has 0 aliphatic carbocycles. The van der Waals surface area contributed by atoms with Crippen molar-refractivity contribution < 1.29 is 134 Å². The van der Waals surface area contributed by atoms with Gasteiger partial charge in [-0.05, 0) is 0 Å². The van der Waals surface area contributed by atoms with Crippen LogP contribution >= 0.6 is 0 Å². The molecule has 0 spiro atoms. The predicted octanol–water partition coefficient (Wildman–Crippen LogP) is -11.9. The average Bonchev–Trinajstić information content (AvgIpc) is 3.26. The van der Waals surface area contributed by atoms with Crippen LogP contribution in [-0.4, -0.2) is 295 Å². The monoisotopic (exact) mass is 915 g/mol. The minimum Gasteiger partial charge on any atom is -0.394 e. The molecule has 0 aromatic carbocycles. The van der Waals surface area contributed by atoms with Gasteiger partial charge in [0.05, 0.1) is 52.9 Å². The molecule has 364 valence electrons. The summed E-state index contributed by atoms with van der Waals surface area (Å²) in [5.74, 6) is 0. The van der Waals surface area contributed by atoms with Gasteiger partial charge in [0.2, 0.25) is 0 Å². The lowest BCUT2D eigenvalue weighted by molar-refractivity contribution is -0.407. The number of aliphatic hydroxyl groups excluding tert-OH is 16. The molecule has 0 saturated carbocycles. The van der Waals surface area contributed by atoms with Crippen molar-refractivity contribution in [3.63, 3.8) is 0 Å². The van der Waals surface area contributed by atoms with Crippen LogP contribution in [0, 0.1) is 0 Å². The molecular formula is C34H61NO27. The largest absolute Gasteiger partial charge is 0.394 e. The Morgan fingerprint density at radius 2 is 0.661 bits per heavy atom. The van der Waals surface area contributed by atoms with E-state index in [1.807, 2.05) is 0 Å². The Balaban J connectivity index is 1.39. The van der Waals surface area contributed by atoms with E-state index in [0.29, 0.717) is 0 Å². The van der Waals surface area contributed by atoms with Crippen LogP contribution in [0.5, 0.6) is 0 Å². The molecule has 0 aromatic rings. The molecule has 5 fully saturated rings. The van der Waals surface area contributed by atoms with Crippen molar-refractivity contribution in [2.24, 2.45) is 5.73 Å². The first-order valence-corrected chi connectivity index (χ1v) is 19.9. The highest BCUT2D eigenvalue weighted by molar-refractivity contribution is 4.99. The number of ether oxygens (including phenoxy) is 11. The smallest absolute Gasteiger partial charge is 0.187 e. The lowest BCUT2D eigenvalue weighted by atomic mass is 9.95. The Hall–Kier alpha value is -1.12. The molecular weight excluding hydrogens is 854 g/mol. The van der Waals surface area contributed by atoms with Crippen molar-refractivity contribution >= 4 is 0 Å². The van der Waals surface area contributed by atoms with E-state index in [4.69, 9.17) is 57.8 Å². The number of hydrogen-bond donors (Lipinski definition) is 17. The highest BCUT2D eigenvalue weighted by Crippen LogP contribution is 2.36. The van der Waals surface area contributed by atoms with E-state index in [9.17, 15) is 81.7 Å². The summed E-state index contributed by atoms with van der Waals surface area (Å²) in [6.45, 7) is -4.29. The second-order valence-electron chi connectivity index (χ2n) is 15.2. The molecule has 5 saturated heterocycles. The quantitative estimate of drug-likeness (QED) is 0.0535. The minimum absolute atomic E-state index is 0.0152. The van der Waals surface area contributed by atoms with Gasteiger partial charge in [0.15, 0.2) is 31.5 Å². The summed E-state index contributed by atoms with van der Waals surface area (Å²) in [6.07, 6.45) is -47.1. The molecule has 5 heterocycles. The Bertz CT molecular complexity index is 1310. The molecule has 10 unspecified atom stereocenters. The van der Waals surface area contributed by atoms with Gasteiger partial charge in [-0.2, -0.15) is 0 Å². The van der Waals surface area contributed by atoms with Crippen molar-refractivity contribution in [1.29, 1.82) is 0 Å². The van der Waals surface area contributed by atoms with Crippen LogP contribution in [0.25, 0.3) is 0 Å². The molecule has 0 amide bonds. The normalized spacial score (nSPS) is 49.2. The molecule has 0 bridgehead atoms. The zero-order chi connectivity index (χ0) is 45.6. The third-order valence-corrected chi connectivity index (χ3v) is 11.1. The first kappa shape index (κ1) is 51.9. The van der Waals surface area contributed by atoms with Gasteiger partial charge in [-0.3, -0.25) is 0 Å². The van der Waals surface area contributed by atoms with E-state index in [1.54, 1.807) is 0 Å². The van der Waals surface area contributed by atoms with Crippen LogP contribution in [0.1, 0.15) is 0 Å². The molecule has 62 heavy (non-hydrogen) atoms. The first-order valence-electron chi connectivity index (χ1n) is 19.9. The Morgan fingerprint density at radius 3 is 1.11 bits per heavy atom. The zero-order valence-corrected chi connectivity index (χ0v) is 33.0. The Kier molecular flexibility index (Phi) is 19.7. The van der Waals surface area contributed by atoms with Gasteiger partial charge in [-0.1, -0.05) is 0 Å². The summed E-state index contributed by atoms with van der Waals surface area (Å²) in [4.78, 5) is 0. The maximum Gasteiger partial charge on any atom is 0.187 e. The van der Waals surface area contributed by atoms with E-state index in [-0.39, 0.29) is 26.4 Å². The molecule has 5 aliphatic rings. The molecule has 28 heteroatoms. The summed E-state index contributed by atoms with van der Waals surface area (Å²) in [5, 5.41) is 170. The lowest BCUT2D eigenvalue weighted by Gasteiger charge is -2.50. The third-order valence-electron chi connectivity index (χ3n) is 11.1. The van der Waals surface area contributed by atoms with E-state index in [2.05, 4.69) is 0 Å². The van der Waals surface area contributed by atoms with Crippen LogP contribution in [0.3, 0.4) is 0 Å². The molecule has 0 radical (unpaired) electrons. The van der Waals surface area contributed by atoms with Crippen molar-refractivity contribution in [3.05, 3.63) is 0 Å². The maximum absolute atomic E-state index is 11.6. The van der Waals surface area contributed by atoms with Crippen molar-refractivity contribution in [3.8, 4) is 0 Å². The summed E-state index contributed by atoms with van der Waals surface area (Å²) in [6, 6.07) is 0. The number of aliphatic hydroxyl groups is 16. The average molecular weight is 916 g/mol. The highest BCUT2D eigenvalue weighted by Gasteiger charge is 2.57. The maximum atomic E-state index is 11.6. The summed E-state index contributed by atoms with van der Waals surface area (Å²) >= 11 is 0. The SMILES string of the molecule is NCCOCCO[C@H]1OC(CO)[C@@H](O)[C@H](O[C@H]2OC(CO)[C@@H](O)[C@H](O[C@H]3OC(CO)[C@@H](O)[C@H](O)C3O[C@H]3OC(CO)[C@@H](O)[C@H](O)C3O[C@H]3OC(CO)[C@@H](O)[C@H](O)C3O)C2O)C1O. The first-order chi connectivity index (χ1) is 29.6. The summed E-state index contributed by atoms with van der Waals surface area (Å²) in [7, 11) is 0. The predicted molar refractivity (Wildman–Crippen MR) is 190 cm³/mol. The molecule has 18 N–H and O–H groups in total. The zero-order valence-electron chi connectivity index (χ0n) is 33.0. The van der Waals surface area contributed by atoms with Crippen LogP contribution in [0.4, 0.5) is 0 Å². The summed E-state index contributed by atoms with van der Waals surface area (Å²) in [5.41, 5.74) is 5.39. The topological polar surface area (TPSA) is 451 Å². The van der Waals surface area contributed by atoms with Crippen LogP contribution in [0.2, 0.25) is 0 Å². The molecule has 0 aromatic heterocycles. The number of nitrogens with two attached hydrogens (primary N) is 1. The fourth-order valence-corrected chi connectivity index (χ4v) is 7.51. The third kappa shape index (κ3) is 11.3. The van der Waals surface area contributed by atoms with Gasteiger partial charge in [-0.25, -0.2) is 0 Å². The fraction of sp³-hybridized carbons (Fsp3) is 1.00. The Morgan fingerprint density at radius 1 is 0.323 bits per heavy atom. The van der Waals surface area contributed by atoms with E-state index in [1.165, 1.54) is 0 Å². The summed E-state index contributed by atoms with van der Waals surface area (Å²) < 4.78 is 61.7. The van der Waals surface area contributed by atoms with E-state index in [0.717, 1.165) is 0 Å². The van der Waals surface area contributed by atoms with Gasteiger partial charge in [0.25, 0.3) is 0 Å². The number of rotatable bonds is 19. The Labute approximate surface area is 352 Å². The van der Waals surface area contributed by atoms with Crippen LogP contribution in [0.15, 0.2) is 0 Å². The standard InChI is InChI=1S/C34H61NO27/c35-1-2-52-3-4-53-30-24(50)26(18(44)13(8-39)54-30)59-32-25(51)27(19(45)14(9-40)56-32)60-33-29(22(48)17(43)11(6-37)57-33)62-34-28(21(47)16(42)12(7-38)58-34)61-31-23(49)20(46)15(41)10(5-36)55-31/h10-34,36-51H,1-9,35H2/t10?,11?,12?,13?,14?,15-,16-,17-,18-,19-,20+,21+,22+,23?,24?,25?,26+,27+,28?,29?,30+,31-,32-,33-,34-/m1/s1. The van der Waals surface area contributed by atoms with Crippen molar-refractivity contribution in [2.75, 3.05) is 59.4 Å². The van der Waals surface area contributed by atoms with Crippen LogP contribution < -0.4 is 5.73 Å². The molecule has 5 aliphatic heterocycles. The molecule has 25 atom stereocenters. The van der Waals surface area contributed by atoms with Gasteiger partial charge in [0.1, 0.15) is 122 Å². The highest BCUT2D eigenvalue weighted by atomic mass is 16.8. The number of hydrogen-bond acceptors (Lipinski definition) is 28. The molecule has 28 nitrogen and oxygen atoms in total. The van der Waals surface area contributed by atoms with Crippen LogP contribution in [-0.2, 0) is 52.1 Å². The lowest BCUT2D eigenvalue weighted by Crippen LogP contribution is -2.68. The van der Waals surface area contributed by atoms with E-state index < -0.39 is 187 Å². The molecule has 5 rings (SSSR count). The van der Waals surface area contributed by atoms with Gasteiger partial charge >= 0.3 is 0 Å². The van der Waals surface area contributed by atoms with Gasteiger partial charge < -0.3 is 140 Å². The van der Waals surface area contributed by atoms with Crippen molar-refractivity contribution in [1.82, 2.24) is 0 Å². The second kappa shape index (κ2) is 23.6. The fourth-order valence-electron chi connectivity index (χ4n) is 7.51.